The van der Waals surface area contributed by atoms with Crippen LogP contribution in [-0.4, -0.2) is 19.0 Å². The van der Waals surface area contributed by atoms with Crippen LogP contribution in [0.5, 0.6) is 0 Å². The van der Waals surface area contributed by atoms with Crippen molar-refractivity contribution in [2.75, 3.05) is 13.2 Å². The zero-order chi connectivity index (χ0) is 10.6. The van der Waals surface area contributed by atoms with Gasteiger partial charge in [0.2, 0.25) is 0 Å². The van der Waals surface area contributed by atoms with Crippen molar-refractivity contribution in [1.29, 1.82) is 0 Å². The Labute approximate surface area is 104 Å². The minimum absolute atomic E-state index is 0.388. The Morgan fingerprint density at radius 1 is 1.43 bits per heavy atom. The van der Waals surface area contributed by atoms with Crippen LogP contribution in [0.2, 0.25) is 0 Å². The van der Waals surface area contributed by atoms with Crippen LogP contribution in [0, 0.1) is 32.3 Å². The molecule has 0 aromatic rings. The SMILES string of the molecule is C/[C](=C\CCC1(C)OCCO1)[Ce]([Cl])[Cl]. The molecule has 0 saturated carbocycles. The number of rotatable bonds is 4. The van der Waals surface area contributed by atoms with Crippen LogP contribution in [0.4, 0.5) is 0 Å². The van der Waals surface area contributed by atoms with E-state index in [1.54, 1.807) is 0 Å². The average molecular weight is 366 g/mol. The summed E-state index contributed by atoms with van der Waals surface area (Å²) in [5.74, 6) is -0.388. The number of allylic oxidation sites excluding steroid dienone is 2. The molecular formula is C9H15CeCl2O2. The van der Waals surface area contributed by atoms with E-state index >= 15 is 0 Å². The van der Waals surface area contributed by atoms with Crippen LogP contribution in [0.3, 0.4) is 0 Å². The average Bonchev–Trinajstić information content (AvgIpc) is 2.52. The van der Waals surface area contributed by atoms with Crippen molar-refractivity contribution in [2.45, 2.75) is 32.5 Å². The Morgan fingerprint density at radius 2 is 2.00 bits per heavy atom. The second-order valence-electron chi connectivity index (χ2n) is 3.52. The van der Waals surface area contributed by atoms with Crippen molar-refractivity contribution in [1.82, 2.24) is 0 Å². The van der Waals surface area contributed by atoms with E-state index in [0.717, 1.165) is 12.8 Å². The second-order valence-corrected chi connectivity index (χ2v) is 14.5. The molecule has 1 fully saturated rings. The molecule has 1 rings (SSSR count). The van der Waals surface area contributed by atoms with E-state index in [4.69, 9.17) is 20.7 Å². The summed E-state index contributed by atoms with van der Waals surface area (Å²) >= 11 is -2.28. The van der Waals surface area contributed by atoms with E-state index < -0.39 is 32.3 Å². The Morgan fingerprint density at radius 3 is 2.50 bits per heavy atom. The molecule has 0 aromatic heterocycles. The van der Waals surface area contributed by atoms with Gasteiger partial charge >= 0.3 is 106 Å². The fraction of sp³-hybridized carbons (Fsp3) is 0.778. The molecule has 0 amide bonds. The summed E-state index contributed by atoms with van der Waals surface area (Å²) in [5, 5.41) is 0. The van der Waals surface area contributed by atoms with Gasteiger partial charge in [0.05, 0.1) is 0 Å². The van der Waals surface area contributed by atoms with E-state index in [1.807, 2.05) is 13.8 Å². The second kappa shape index (κ2) is 6.38. The van der Waals surface area contributed by atoms with Crippen LogP contribution in [0.1, 0.15) is 26.7 Å². The van der Waals surface area contributed by atoms with Crippen LogP contribution in [-0.2, 0) is 9.47 Å². The monoisotopic (exact) mass is 365 g/mol. The van der Waals surface area contributed by atoms with Gasteiger partial charge in [0.25, 0.3) is 0 Å². The molecule has 1 aliphatic heterocycles. The van der Waals surface area contributed by atoms with Crippen molar-refractivity contribution in [3.05, 3.63) is 7.17 Å². The Balaban J connectivity index is 2.30. The van der Waals surface area contributed by atoms with Gasteiger partial charge in [-0.3, -0.25) is 0 Å². The first-order chi connectivity index (χ1) is 6.53. The standard InChI is InChI=1S/C9H15O2.Ce.2ClH/c1-3-4-5-6-9(2)10-7-8-11-9;;;/h4H,5-8H2,1-2H3;;2*1H/q;+2;;/p-2. The van der Waals surface area contributed by atoms with Crippen LogP contribution in [0.15, 0.2) is 7.17 Å². The normalized spacial score (nSPS) is 21.3. The van der Waals surface area contributed by atoms with E-state index in [1.165, 1.54) is 1.09 Å². The first-order valence-corrected chi connectivity index (χ1v) is 14.1. The molecule has 81 valence electrons. The van der Waals surface area contributed by atoms with Crippen molar-refractivity contribution in [2.24, 2.45) is 0 Å². The maximum atomic E-state index is 5.91. The molecule has 0 N–H and O–H groups in total. The maximum absolute atomic E-state index is 5.91. The molecule has 1 aliphatic rings. The van der Waals surface area contributed by atoms with Gasteiger partial charge in [-0.15, -0.1) is 0 Å². The van der Waals surface area contributed by atoms with Crippen molar-refractivity contribution < 1.29 is 41.7 Å². The summed E-state index contributed by atoms with van der Waals surface area (Å²) in [6.45, 7) is 5.39. The van der Waals surface area contributed by atoms with Crippen LogP contribution in [0.25, 0.3) is 0 Å². The molecule has 0 atom stereocenters. The Kier molecular flexibility index (Phi) is 6.23. The summed E-state index contributed by atoms with van der Waals surface area (Å²) < 4.78 is 12.2. The summed E-state index contributed by atoms with van der Waals surface area (Å²) in [4.78, 5) is 0. The van der Waals surface area contributed by atoms with Crippen LogP contribution >= 0.6 is 11.3 Å². The molecule has 0 unspecified atom stereocenters. The summed E-state index contributed by atoms with van der Waals surface area (Å²) in [6.07, 6.45) is 3.92. The predicted molar refractivity (Wildman–Crippen MR) is 55.0 cm³/mol. The van der Waals surface area contributed by atoms with Gasteiger partial charge in [0.1, 0.15) is 0 Å². The molecule has 0 aromatic carbocycles. The van der Waals surface area contributed by atoms with Gasteiger partial charge < -0.3 is 0 Å². The zero-order valence-electron chi connectivity index (χ0n) is 8.48. The zero-order valence-corrected chi connectivity index (χ0v) is 13.1. The molecule has 0 spiro atoms. The molecule has 2 nitrogen and oxygen atoms in total. The molecule has 1 heterocycles. The fourth-order valence-electron chi connectivity index (χ4n) is 1.33. The first-order valence-electron chi connectivity index (χ1n) is 4.66. The van der Waals surface area contributed by atoms with Crippen LogP contribution < -0.4 is 0 Å². The topological polar surface area (TPSA) is 18.5 Å². The Bertz CT molecular complexity index is 213. The van der Waals surface area contributed by atoms with E-state index in [2.05, 4.69) is 6.08 Å². The fourth-order valence-corrected chi connectivity index (χ4v) is 3.39. The molecule has 5 heteroatoms. The van der Waals surface area contributed by atoms with Gasteiger partial charge in [-0.2, -0.15) is 0 Å². The van der Waals surface area contributed by atoms with Gasteiger partial charge in [0.15, 0.2) is 0 Å². The van der Waals surface area contributed by atoms with Gasteiger partial charge in [0, 0.05) is 0 Å². The number of halogens is 2. The van der Waals surface area contributed by atoms with E-state index in [9.17, 15) is 0 Å². The van der Waals surface area contributed by atoms with Gasteiger partial charge in [-0.1, -0.05) is 0 Å². The van der Waals surface area contributed by atoms with Gasteiger partial charge in [-0.05, 0) is 0 Å². The quantitative estimate of drug-likeness (QED) is 0.760. The number of hydrogen-bond acceptors (Lipinski definition) is 2. The third-order valence-electron chi connectivity index (χ3n) is 2.25. The number of hydrogen-bond donors (Lipinski definition) is 0. The number of ether oxygens (including phenoxy) is 2. The molecule has 14 heavy (non-hydrogen) atoms. The minimum atomic E-state index is -2.28. The van der Waals surface area contributed by atoms with Crippen molar-refractivity contribution in [3.8, 4) is 0 Å². The third kappa shape index (κ3) is 4.64. The van der Waals surface area contributed by atoms with Gasteiger partial charge in [-0.25, -0.2) is 0 Å². The van der Waals surface area contributed by atoms with Crippen molar-refractivity contribution in [3.63, 3.8) is 0 Å². The molecule has 0 aliphatic carbocycles. The van der Waals surface area contributed by atoms with E-state index in [0.29, 0.717) is 13.2 Å². The summed E-state index contributed by atoms with van der Waals surface area (Å²) in [5.41, 5.74) is 11.8. The summed E-state index contributed by atoms with van der Waals surface area (Å²) in [7, 11) is 0. The molecule has 1 saturated heterocycles. The molecule has 0 bridgehead atoms. The van der Waals surface area contributed by atoms with Crippen molar-refractivity contribution >= 4 is 11.3 Å². The third-order valence-corrected chi connectivity index (χ3v) is 9.10. The Hall–Kier alpha value is 1.62. The van der Waals surface area contributed by atoms with E-state index in [-0.39, 0.29) is 5.79 Å². The first kappa shape index (κ1) is 13.7. The predicted octanol–water partition coefficient (Wildman–Crippen LogP) is 3.36. The summed E-state index contributed by atoms with van der Waals surface area (Å²) in [6, 6.07) is 0. The molecule has 0 radical (unpaired) electrons. The molecular weight excluding hydrogens is 351 g/mol.